The number of carbonyl (C=O) groups is 2. The molecule has 1 heterocycles. The second-order valence-corrected chi connectivity index (χ2v) is 3.50. The monoisotopic (exact) mass is 287 g/mol. The Morgan fingerprint density at radius 1 is 1.45 bits per heavy atom. The minimum atomic E-state index is -5.01. The summed E-state index contributed by atoms with van der Waals surface area (Å²) in [6, 6.07) is 4.22. The number of rotatable bonds is 5. The van der Waals surface area contributed by atoms with Gasteiger partial charge >= 0.3 is 6.18 Å². The zero-order valence-electron chi connectivity index (χ0n) is 9.90. The van der Waals surface area contributed by atoms with Gasteiger partial charge in [-0.3, -0.25) is 9.59 Å². The molecule has 0 saturated heterocycles. The van der Waals surface area contributed by atoms with E-state index in [4.69, 9.17) is 9.68 Å². The molecule has 106 valence electrons. The summed E-state index contributed by atoms with van der Waals surface area (Å²) in [5.74, 6) is -2.92. The first-order chi connectivity index (χ1) is 9.34. The molecule has 9 heteroatoms. The lowest BCUT2D eigenvalue weighted by molar-refractivity contribution is -0.169. The number of nitrogens with one attached hydrogen (secondary N) is 1. The van der Waals surface area contributed by atoms with Gasteiger partial charge in [-0.25, -0.2) is 5.43 Å². The number of hydrogen-bond donors (Lipinski definition) is 1. The normalized spacial score (nSPS) is 11.8. The molecule has 1 aromatic heterocycles. The van der Waals surface area contributed by atoms with Gasteiger partial charge in [0.1, 0.15) is 17.9 Å². The number of hydrogen-bond acceptors (Lipinski definition) is 5. The van der Waals surface area contributed by atoms with Gasteiger partial charge in [0.05, 0.1) is 18.8 Å². The van der Waals surface area contributed by atoms with Crippen LogP contribution in [0.5, 0.6) is 0 Å². The average molecular weight is 287 g/mol. The summed E-state index contributed by atoms with van der Waals surface area (Å²) in [6.07, 6.45) is -5.42. The molecule has 0 unspecified atom stereocenters. The van der Waals surface area contributed by atoms with Gasteiger partial charge in [0.2, 0.25) is 5.78 Å². The first-order valence-corrected chi connectivity index (χ1v) is 5.21. The highest BCUT2D eigenvalue weighted by Gasteiger charge is 2.39. The molecule has 0 aliphatic rings. The van der Waals surface area contributed by atoms with E-state index in [9.17, 15) is 22.8 Å². The summed E-state index contributed by atoms with van der Waals surface area (Å²) < 4.78 is 41.5. The molecule has 1 amide bonds. The molecule has 1 N–H and O–H groups in total. The van der Waals surface area contributed by atoms with E-state index >= 15 is 0 Å². The highest BCUT2D eigenvalue weighted by Crippen LogP contribution is 2.19. The number of nitrogens with zero attached hydrogens (tertiary/aromatic N) is 2. The number of alkyl halides is 3. The first kappa shape index (κ1) is 15.4. The molecule has 0 aliphatic carbocycles. The summed E-state index contributed by atoms with van der Waals surface area (Å²) >= 11 is 0. The summed E-state index contributed by atoms with van der Waals surface area (Å²) in [7, 11) is 0. The number of furan rings is 1. The SMILES string of the molecule is N#CCC(=O)N/N=C(\CC(=O)C(F)(F)F)c1ccco1. The molecular weight excluding hydrogens is 279 g/mol. The molecule has 0 aliphatic heterocycles. The molecule has 6 nitrogen and oxygen atoms in total. The number of halogens is 3. The largest absolute Gasteiger partial charge is 0.463 e. The fourth-order valence-electron chi connectivity index (χ4n) is 1.12. The molecule has 0 aromatic carbocycles. The van der Waals surface area contributed by atoms with Crippen molar-refractivity contribution in [3.63, 3.8) is 0 Å². The number of Topliss-reactive ketones (excluding diaryl/α,β-unsaturated/α-hetero) is 1. The van der Waals surface area contributed by atoms with Crippen LogP contribution in [-0.4, -0.2) is 23.6 Å². The Morgan fingerprint density at radius 2 is 2.15 bits per heavy atom. The summed E-state index contributed by atoms with van der Waals surface area (Å²) in [6.45, 7) is 0. The van der Waals surface area contributed by atoms with Crippen molar-refractivity contribution in [3.05, 3.63) is 24.2 Å². The highest BCUT2D eigenvalue weighted by molar-refractivity contribution is 6.11. The molecular formula is C11H8F3N3O3. The van der Waals surface area contributed by atoms with Crippen LogP contribution in [0.15, 0.2) is 27.9 Å². The molecule has 0 bridgehead atoms. The fourth-order valence-corrected chi connectivity index (χ4v) is 1.12. The number of amides is 1. The maximum absolute atomic E-state index is 12.2. The van der Waals surface area contributed by atoms with Gasteiger partial charge in [-0.2, -0.15) is 23.5 Å². The van der Waals surface area contributed by atoms with Gasteiger partial charge in [-0.05, 0) is 12.1 Å². The Balaban J connectivity index is 2.88. The molecule has 1 aromatic rings. The minimum Gasteiger partial charge on any atom is -0.463 e. The smallest absolute Gasteiger partial charge is 0.450 e. The third-order valence-corrected chi connectivity index (χ3v) is 2.00. The van der Waals surface area contributed by atoms with Gasteiger partial charge in [-0.1, -0.05) is 0 Å². The molecule has 1 rings (SSSR count). The topological polar surface area (TPSA) is 95.5 Å². The Hall–Kier alpha value is -2.63. The minimum absolute atomic E-state index is 0.0835. The van der Waals surface area contributed by atoms with Crippen LogP contribution < -0.4 is 5.43 Å². The third-order valence-electron chi connectivity index (χ3n) is 2.00. The van der Waals surface area contributed by atoms with E-state index in [0.717, 1.165) is 0 Å². The van der Waals surface area contributed by atoms with Crippen LogP contribution in [0.4, 0.5) is 13.2 Å². The summed E-state index contributed by atoms with van der Waals surface area (Å²) in [4.78, 5) is 21.9. The van der Waals surface area contributed by atoms with Crippen LogP contribution in [-0.2, 0) is 9.59 Å². The number of ketones is 1. The Labute approximate surface area is 110 Å². The quantitative estimate of drug-likeness (QED) is 0.656. The predicted molar refractivity (Wildman–Crippen MR) is 59.3 cm³/mol. The maximum atomic E-state index is 12.2. The van der Waals surface area contributed by atoms with Crippen LogP contribution in [0.25, 0.3) is 0 Å². The molecule has 0 atom stereocenters. The molecule has 0 radical (unpaired) electrons. The number of nitriles is 1. The van der Waals surface area contributed by atoms with Gasteiger partial charge in [0.15, 0.2) is 0 Å². The van der Waals surface area contributed by atoms with E-state index in [1.54, 1.807) is 0 Å². The third kappa shape index (κ3) is 4.56. The van der Waals surface area contributed by atoms with E-state index < -0.39 is 30.7 Å². The van der Waals surface area contributed by atoms with Crippen LogP contribution >= 0.6 is 0 Å². The van der Waals surface area contributed by atoms with Crippen molar-refractivity contribution in [2.45, 2.75) is 19.0 Å². The van der Waals surface area contributed by atoms with E-state index in [-0.39, 0.29) is 11.5 Å². The molecule has 0 fully saturated rings. The molecule has 0 spiro atoms. The number of carbonyl (C=O) groups excluding carboxylic acids is 2. The van der Waals surface area contributed by atoms with E-state index in [0.29, 0.717) is 0 Å². The second-order valence-electron chi connectivity index (χ2n) is 3.50. The van der Waals surface area contributed by atoms with Crippen LogP contribution in [0.2, 0.25) is 0 Å². The lowest BCUT2D eigenvalue weighted by Gasteiger charge is -2.06. The van der Waals surface area contributed by atoms with Crippen LogP contribution in [0.1, 0.15) is 18.6 Å². The van der Waals surface area contributed by atoms with Crippen molar-refractivity contribution in [2.24, 2.45) is 5.10 Å². The van der Waals surface area contributed by atoms with Crippen molar-refractivity contribution in [2.75, 3.05) is 0 Å². The zero-order chi connectivity index (χ0) is 15.2. The van der Waals surface area contributed by atoms with E-state index in [2.05, 4.69) is 5.10 Å². The second kappa shape index (κ2) is 6.51. The number of hydrazone groups is 1. The zero-order valence-corrected chi connectivity index (χ0v) is 9.90. The van der Waals surface area contributed by atoms with E-state index in [1.165, 1.54) is 24.5 Å². The van der Waals surface area contributed by atoms with Gasteiger partial charge in [-0.15, -0.1) is 0 Å². The van der Waals surface area contributed by atoms with Crippen molar-refractivity contribution in [3.8, 4) is 6.07 Å². The van der Waals surface area contributed by atoms with Crippen molar-refractivity contribution in [1.82, 2.24) is 5.43 Å². The lowest BCUT2D eigenvalue weighted by Crippen LogP contribution is -2.27. The Morgan fingerprint density at radius 3 is 2.65 bits per heavy atom. The van der Waals surface area contributed by atoms with Gasteiger partial charge in [0, 0.05) is 0 Å². The van der Waals surface area contributed by atoms with Crippen LogP contribution in [0.3, 0.4) is 0 Å². The van der Waals surface area contributed by atoms with Gasteiger partial charge < -0.3 is 4.42 Å². The average Bonchev–Trinajstić information content (AvgIpc) is 2.86. The summed E-state index contributed by atoms with van der Waals surface area (Å²) in [5.41, 5.74) is 1.49. The Bertz CT molecular complexity index is 556. The molecule has 0 saturated carbocycles. The molecule has 20 heavy (non-hydrogen) atoms. The Kier molecular flexibility index (Phi) is 5.02. The van der Waals surface area contributed by atoms with Crippen LogP contribution in [0, 0.1) is 11.3 Å². The summed E-state index contributed by atoms with van der Waals surface area (Å²) in [5, 5.41) is 11.6. The standard InChI is InChI=1S/C11H8F3N3O3/c12-11(13,14)9(18)6-7(8-2-1-5-20-8)16-17-10(19)3-4-15/h1-2,5H,3,6H2,(H,17,19)/b16-7+. The lowest BCUT2D eigenvalue weighted by atomic mass is 10.1. The first-order valence-electron chi connectivity index (χ1n) is 5.21. The van der Waals surface area contributed by atoms with Crippen molar-refractivity contribution in [1.29, 1.82) is 5.26 Å². The van der Waals surface area contributed by atoms with Crippen molar-refractivity contribution >= 4 is 17.4 Å². The highest BCUT2D eigenvalue weighted by atomic mass is 19.4. The van der Waals surface area contributed by atoms with Crippen molar-refractivity contribution < 1.29 is 27.2 Å². The van der Waals surface area contributed by atoms with Gasteiger partial charge in [0.25, 0.3) is 5.91 Å². The van der Waals surface area contributed by atoms with E-state index in [1.807, 2.05) is 5.43 Å². The predicted octanol–water partition coefficient (Wildman–Crippen LogP) is 1.54. The fraction of sp³-hybridized carbons (Fsp3) is 0.273. The maximum Gasteiger partial charge on any atom is 0.450 e.